The lowest BCUT2D eigenvalue weighted by molar-refractivity contribution is -0.384. The summed E-state index contributed by atoms with van der Waals surface area (Å²) in [4.78, 5) is 14.4. The molecule has 0 aliphatic carbocycles. The van der Waals surface area contributed by atoms with Crippen molar-refractivity contribution in [3.8, 4) is 5.75 Å². The highest BCUT2D eigenvalue weighted by molar-refractivity contribution is 7.93. The first-order valence-corrected chi connectivity index (χ1v) is 8.60. The SMILES string of the molecule is COc1cc([N+](=O)[O-])ccc1NS(=O)(=O)c1cccc2cccnc12. The Hall–Kier alpha value is -3.20. The molecule has 3 aromatic rings. The molecule has 0 bridgehead atoms. The molecule has 25 heavy (non-hydrogen) atoms. The minimum atomic E-state index is -3.97. The van der Waals surface area contributed by atoms with Crippen LogP contribution in [-0.2, 0) is 10.0 Å². The standard InChI is InChI=1S/C16H13N3O5S/c1-24-14-10-12(19(20)21)7-8-13(14)18-25(22,23)15-6-2-4-11-5-3-9-17-16(11)15/h2-10,18H,1H3. The number of nitrogens with one attached hydrogen (secondary N) is 1. The van der Waals surface area contributed by atoms with Crippen LogP contribution in [0.2, 0.25) is 0 Å². The molecule has 0 saturated heterocycles. The Labute approximate surface area is 143 Å². The van der Waals surface area contributed by atoms with Crippen LogP contribution in [0.15, 0.2) is 59.6 Å². The number of nitro benzene ring substituents is 1. The summed E-state index contributed by atoms with van der Waals surface area (Å²) in [5.41, 5.74) is 0.228. The number of benzene rings is 2. The Morgan fingerprint density at radius 3 is 2.64 bits per heavy atom. The van der Waals surface area contributed by atoms with Gasteiger partial charge in [0.2, 0.25) is 0 Å². The van der Waals surface area contributed by atoms with E-state index >= 15 is 0 Å². The summed E-state index contributed by atoms with van der Waals surface area (Å²) in [6.45, 7) is 0. The van der Waals surface area contributed by atoms with Crippen LogP contribution < -0.4 is 9.46 Å². The summed E-state index contributed by atoms with van der Waals surface area (Å²) in [5.74, 6) is 0.0472. The van der Waals surface area contributed by atoms with Gasteiger partial charge in [-0.25, -0.2) is 8.42 Å². The van der Waals surface area contributed by atoms with E-state index in [4.69, 9.17) is 4.74 Å². The van der Waals surface area contributed by atoms with E-state index in [0.717, 1.165) is 6.07 Å². The van der Waals surface area contributed by atoms with Gasteiger partial charge >= 0.3 is 0 Å². The van der Waals surface area contributed by atoms with Crippen LogP contribution >= 0.6 is 0 Å². The average molecular weight is 359 g/mol. The van der Waals surface area contributed by atoms with Crippen molar-refractivity contribution in [1.82, 2.24) is 4.98 Å². The molecule has 0 atom stereocenters. The molecule has 128 valence electrons. The largest absolute Gasteiger partial charge is 0.494 e. The molecule has 9 heteroatoms. The number of anilines is 1. The molecule has 0 aliphatic heterocycles. The van der Waals surface area contributed by atoms with E-state index in [2.05, 4.69) is 9.71 Å². The first-order chi connectivity index (χ1) is 11.9. The molecule has 3 rings (SSSR count). The smallest absolute Gasteiger partial charge is 0.273 e. The van der Waals surface area contributed by atoms with E-state index in [1.807, 2.05) is 0 Å². The first-order valence-electron chi connectivity index (χ1n) is 7.11. The number of methoxy groups -OCH3 is 1. The molecule has 0 unspecified atom stereocenters. The summed E-state index contributed by atoms with van der Waals surface area (Å²) in [7, 11) is -2.67. The van der Waals surface area contributed by atoms with Crippen molar-refractivity contribution in [2.75, 3.05) is 11.8 Å². The molecule has 1 heterocycles. The third-order valence-corrected chi connectivity index (χ3v) is 4.92. The second-order valence-corrected chi connectivity index (χ2v) is 6.73. The number of hydrogen-bond acceptors (Lipinski definition) is 6. The minimum Gasteiger partial charge on any atom is -0.494 e. The maximum atomic E-state index is 12.8. The molecule has 0 fully saturated rings. The fourth-order valence-corrected chi connectivity index (χ4v) is 3.62. The van der Waals surface area contributed by atoms with Gasteiger partial charge in [-0.2, -0.15) is 0 Å². The molecule has 0 saturated carbocycles. The van der Waals surface area contributed by atoms with Crippen LogP contribution in [0.5, 0.6) is 5.75 Å². The topological polar surface area (TPSA) is 111 Å². The van der Waals surface area contributed by atoms with Crippen LogP contribution in [0.25, 0.3) is 10.9 Å². The zero-order valence-corrected chi connectivity index (χ0v) is 13.9. The molecule has 1 N–H and O–H groups in total. The van der Waals surface area contributed by atoms with Gasteiger partial charge in [-0.05, 0) is 18.2 Å². The zero-order valence-electron chi connectivity index (χ0n) is 13.0. The Bertz CT molecular complexity index is 1060. The van der Waals surface area contributed by atoms with Gasteiger partial charge in [-0.3, -0.25) is 19.8 Å². The van der Waals surface area contributed by atoms with Gasteiger partial charge in [0, 0.05) is 17.6 Å². The number of nitrogens with zero attached hydrogens (tertiary/aromatic N) is 2. The van der Waals surface area contributed by atoms with Crippen LogP contribution in [0.3, 0.4) is 0 Å². The minimum absolute atomic E-state index is 0.00556. The second kappa shape index (κ2) is 6.36. The van der Waals surface area contributed by atoms with E-state index in [-0.39, 0.29) is 22.0 Å². The number of nitro groups is 1. The summed E-state index contributed by atoms with van der Waals surface area (Å²) in [6.07, 6.45) is 1.51. The van der Waals surface area contributed by atoms with Crippen molar-refractivity contribution in [3.05, 3.63) is 64.8 Å². The molecule has 8 nitrogen and oxygen atoms in total. The molecule has 0 radical (unpaired) electrons. The fourth-order valence-electron chi connectivity index (χ4n) is 2.37. The number of hydrogen-bond donors (Lipinski definition) is 1. The number of non-ortho nitro benzene ring substituents is 1. The van der Waals surface area contributed by atoms with Crippen molar-refractivity contribution < 1.29 is 18.1 Å². The number of sulfonamides is 1. The van der Waals surface area contributed by atoms with Crippen LogP contribution in [-0.4, -0.2) is 25.4 Å². The fraction of sp³-hybridized carbons (Fsp3) is 0.0625. The predicted molar refractivity (Wildman–Crippen MR) is 92.2 cm³/mol. The van der Waals surface area contributed by atoms with Crippen LogP contribution in [0, 0.1) is 10.1 Å². The van der Waals surface area contributed by atoms with Gasteiger partial charge < -0.3 is 4.74 Å². The second-order valence-electron chi connectivity index (χ2n) is 5.08. The highest BCUT2D eigenvalue weighted by Gasteiger charge is 2.21. The number of fused-ring (bicyclic) bond motifs is 1. The molecular formula is C16H13N3O5S. The number of aromatic nitrogens is 1. The highest BCUT2D eigenvalue weighted by Crippen LogP contribution is 2.31. The average Bonchev–Trinajstić information content (AvgIpc) is 2.61. The van der Waals surface area contributed by atoms with Crippen molar-refractivity contribution in [1.29, 1.82) is 0 Å². The maximum Gasteiger partial charge on any atom is 0.273 e. The van der Waals surface area contributed by atoms with Gasteiger partial charge in [0.15, 0.2) is 0 Å². The van der Waals surface area contributed by atoms with Crippen molar-refractivity contribution in [2.24, 2.45) is 0 Å². The van der Waals surface area contributed by atoms with Crippen molar-refractivity contribution >= 4 is 32.3 Å². The Kier molecular flexibility index (Phi) is 4.24. The number of ether oxygens (including phenoxy) is 1. The lowest BCUT2D eigenvalue weighted by Gasteiger charge is -2.12. The number of para-hydroxylation sites is 1. The monoisotopic (exact) mass is 359 g/mol. The van der Waals surface area contributed by atoms with Crippen LogP contribution in [0.4, 0.5) is 11.4 Å². The molecule has 0 aliphatic rings. The van der Waals surface area contributed by atoms with Crippen molar-refractivity contribution in [3.63, 3.8) is 0 Å². The van der Waals surface area contributed by atoms with Gasteiger partial charge in [0.05, 0.1) is 29.3 Å². The van der Waals surface area contributed by atoms with E-state index < -0.39 is 14.9 Å². The Morgan fingerprint density at radius 2 is 1.92 bits per heavy atom. The Morgan fingerprint density at radius 1 is 1.16 bits per heavy atom. The first kappa shape index (κ1) is 16.7. The Balaban J connectivity index is 2.06. The van der Waals surface area contributed by atoms with Gasteiger partial charge in [-0.1, -0.05) is 18.2 Å². The molecular weight excluding hydrogens is 346 g/mol. The number of rotatable bonds is 5. The lowest BCUT2D eigenvalue weighted by Crippen LogP contribution is -2.14. The van der Waals surface area contributed by atoms with Crippen molar-refractivity contribution in [2.45, 2.75) is 4.90 Å². The summed E-state index contributed by atoms with van der Waals surface area (Å²) >= 11 is 0. The molecule has 0 amide bonds. The lowest BCUT2D eigenvalue weighted by atomic mass is 10.2. The van der Waals surface area contributed by atoms with E-state index in [9.17, 15) is 18.5 Å². The maximum absolute atomic E-state index is 12.8. The molecule has 1 aromatic heterocycles. The zero-order chi connectivity index (χ0) is 18.0. The molecule has 2 aromatic carbocycles. The third-order valence-electron chi connectivity index (χ3n) is 3.53. The van der Waals surface area contributed by atoms with E-state index in [0.29, 0.717) is 10.9 Å². The van der Waals surface area contributed by atoms with Crippen LogP contribution in [0.1, 0.15) is 0 Å². The van der Waals surface area contributed by atoms with Gasteiger partial charge in [0.1, 0.15) is 10.6 Å². The van der Waals surface area contributed by atoms with Gasteiger partial charge in [-0.15, -0.1) is 0 Å². The summed E-state index contributed by atoms with van der Waals surface area (Å²) in [5, 5.41) is 11.5. The normalized spacial score (nSPS) is 11.2. The summed E-state index contributed by atoms with van der Waals surface area (Å²) < 4.78 is 33.0. The quantitative estimate of drug-likeness (QED) is 0.554. The predicted octanol–water partition coefficient (Wildman–Crippen LogP) is 2.95. The number of pyridine rings is 1. The third kappa shape index (κ3) is 3.22. The molecule has 0 spiro atoms. The van der Waals surface area contributed by atoms with E-state index in [1.54, 1.807) is 24.3 Å². The van der Waals surface area contributed by atoms with Gasteiger partial charge in [0.25, 0.3) is 15.7 Å². The highest BCUT2D eigenvalue weighted by atomic mass is 32.2. The summed E-state index contributed by atoms with van der Waals surface area (Å²) in [6, 6.07) is 11.9. The van der Waals surface area contributed by atoms with E-state index in [1.165, 1.54) is 31.5 Å².